The fourth-order valence-corrected chi connectivity index (χ4v) is 3.61. The van der Waals surface area contributed by atoms with Gasteiger partial charge in [-0.05, 0) is 37.0 Å². The van der Waals surface area contributed by atoms with E-state index in [0.717, 1.165) is 16.7 Å². The molecule has 0 spiro atoms. The number of carbonyl (C=O) groups is 2. The number of aliphatic carboxylic acids is 1. The number of rotatable bonds is 4. The zero-order valence-corrected chi connectivity index (χ0v) is 14.7. The molecular weight excluding hydrogens is 314 g/mol. The Morgan fingerprint density at radius 2 is 1.72 bits per heavy atom. The van der Waals surface area contributed by atoms with E-state index in [1.807, 2.05) is 38.1 Å². The van der Waals surface area contributed by atoms with E-state index in [0.29, 0.717) is 25.8 Å². The van der Waals surface area contributed by atoms with Crippen LogP contribution in [0.4, 0.5) is 0 Å². The Morgan fingerprint density at radius 1 is 1.08 bits per heavy atom. The average molecular weight is 337 g/mol. The summed E-state index contributed by atoms with van der Waals surface area (Å²) in [5.41, 5.74) is 5.54. The Hall–Kier alpha value is -2.62. The van der Waals surface area contributed by atoms with Crippen LogP contribution in [0, 0.1) is 13.8 Å². The molecule has 0 bridgehead atoms. The lowest BCUT2D eigenvalue weighted by Gasteiger charge is -2.34. The van der Waals surface area contributed by atoms with Gasteiger partial charge < -0.3 is 10.0 Å². The summed E-state index contributed by atoms with van der Waals surface area (Å²) in [7, 11) is 0. The third-order valence-corrected chi connectivity index (χ3v) is 4.76. The van der Waals surface area contributed by atoms with Crippen LogP contribution in [0.15, 0.2) is 42.5 Å². The molecule has 0 saturated heterocycles. The number of aryl methyl sites for hydroxylation is 3. The van der Waals surface area contributed by atoms with Crippen LogP contribution in [0.2, 0.25) is 0 Å². The maximum Gasteiger partial charge on any atom is 0.326 e. The number of hydrogen-bond donors (Lipinski definition) is 1. The van der Waals surface area contributed by atoms with E-state index in [-0.39, 0.29) is 5.91 Å². The van der Waals surface area contributed by atoms with Crippen molar-refractivity contribution in [3.63, 3.8) is 0 Å². The molecule has 2 aromatic rings. The van der Waals surface area contributed by atoms with Crippen LogP contribution in [0.1, 0.15) is 34.2 Å². The summed E-state index contributed by atoms with van der Waals surface area (Å²) < 4.78 is 0. The number of nitrogens with zero attached hydrogens (tertiary/aromatic N) is 1. The molecule has 1 N–H and O–H groups in total. The topological polar surface area (TPSA) is 57.6 Å². The normalized spacial score (nSPS) is 16.4. The van der Waals surface area contributed by atoms with Crippen molar-refractivity contribution in [2.75, 3.05) is 0 Å². The third kappa shape index (κ3) is 3.90. The van der Waals surface area contributed by atoms with E-state index in [9.17, 15) is 14.7 Å². The summed E-state index contributed by atoms with van der Waals surface area (Å²) in [6.07, 6.45) is 1.33. The van der Waals surface area contributed by atoms with Gasteiger partial charge in [0, 0.05) is 19.4 Å². The molecule has 0 fully saturated rings. The summed E-state index contributed by atoms with van der Waals surface area (Å²) in [5.74, 6) is -1.03. The van der Waals surface area contributed by atoms with Crippen molar-refractivity contribution in [2.45, 2.75) is 45.7 Å². The molecule has 0 radical (unpaired) electrons. The number of carbonyl (C=O) groups excluding carboxylic acids is 1. The summed E-state index contributed by atoms with van der Waals surface area (Å²) in [4.78, 5) is 25.9. The summed E-state index contributed by atoms with van der Waals surface area (Å²) >= 11 is 0. The largest absolute Gasteiger partial charge is 0.480 e. The van der Waals surface area contributed by atoms with Gasteiger partial charge in [0.2, 0.25) is 5.91 Å². The van der Waals surface area contributed by atoms with Crippen LogP contribution >= 0.6 is 0 Å². The zero-order valence-electron chi connectivity index (χ0n) is 14.7. The lowest BCUT2D eigenvalue weighted by Crippen LogP contribution is -2.48. The predicted molar refractivity (Wildman–Crippen MR) is 96.4 cm³/mol. The highest BCUT2D eigenvalue weighted by Gasteiger charge is 2.34. The number of hydrogen-bond acceptors (Lipinski definition) is 2. The molecule has 0 saturated carbocycles. The van der Waals surface area contributed by atoms with Crippen molar-refractivity contribution >= 4 is 11.9 Å². The van der Waals surface area contributed by atoms with Gasteiger partial charge in [-0.3, -0.25) is 4.79 Å². The first-order valence-corrected chi connectivity index (χ1v) is 8.60. The minimum absolute atomic E-state index is 0.0962. The first-order valence-electron chi connectivity index (χ1n) is 8.60. The maximum absolute atomic E-state index is 12.7. The van der Waals surface area contributed by atoms with Crippen LogP contribution in [0.3, 0.4) is 0 Å². The second-order valence-electron chi connectivity index (χ2n) is 6.84. The molecule has 4 nitrogen and oxygen atoms in total. The van der Waals surface area contributed by atoms with Crippen LogP contribution < -0.4 is 0 Å². The summed E-state index contributed by atoms with van der Waals surface area (Å²) in [5, 5.41) is 9.55. The standard InChI is InChI=1S/C21H23NO3/c1-14-9-15(2)11-16(10-14)7-8-20(23)22-13-18-6-4-3-5-17(18)12-19(22)21(24)25/h3-6,9-11,19H,7-8,12-13H2,1-2H3,(H,24,25). The second-order valence-corrected chi connectivity index (χ2v) is 6.84. The Balaban J connectivity index is 1.74. The zero-order chi connectivity index (χ0) is 18.0. The minimum Gasteiger partial charge on any atom is -0.480 e. The van der Waals surface area contributed by atoms with E-state index in [4.69, 9.17) is 0 Å². The molecule has 25 heavy (non-hydrogen) atoms. The van der Waals surface area contributed by atoms with E-state index < -0.39 is 12.0 Å². The maximum atomic E-state index is 12.7. The molecule has 130 valence electrons. The van der Waals surface area contributed by atoms with Crippen molar-refractivity contribution in [3.8, 4) is 0 Å². The first-order chi connectivity index (χ1) is 11.9. The fourth-order valence-electron chi connectivity index (χ4n) is 3.61. The fraction of sp³-hybridized carbons (Fsp3) is 0.333. The highest BCUT2D eigenvalue weighted by atomic mass is 16.4. The molecule has 1 amide bonds. The number of fused-ring (bicyclic) bond motifs is 1. The average Bonchev–Trinajstić information content (AvgIpc) is 2.57. The van der Waals surface area contributed by atoms with Gasteiger partial charge in [-0.2, -0.15) is 0 Å². The van der Waals surface area contributed by atoms with Crippen molar-refractivity contribution in [1.82, 2.24) is 4.90 Å². The molecule has 0 aromatic heterocycles. The van der Waals surface area contributed by atoms with E-state index in [2.05, 4.69) is 18.2 Å². The van der Waals surface area contributed by atoms with Crippen molar-refractivity contribution < 1.29 is 14.7 Å². The molecule has 1 unspecified atom stereocenters. The Kier molecular flexibility index (Phi) is 4.88. The van der Waals surface area contributed by atoms with Crippen LogP contribution in [0.5, 0.6) is 0 Å². The first kappa shape index (κ1) is 17.2. The van der Waals surface area contributed by atoms with E-state index in [1.54, 1.807) is 0 Å². The highest BCUT2D eigenvalue weighted by Crippen LogP contribution is 2.24. The molecule has 0 aliphatic carbocycles. The van der Waals surface area contributed by atoms with Gasteiger partial charge in [0.25, 0.3) is 0 Å². The second kappa shape index (κ2) is 7.09. The lowest BCUT2D eigenvalue weighted by molar-refractivity contribution is -0.151. The molecule has 1 aliphatic heterocycles. The number of amides is 1. The van der Waals surface area contributed by atoms with Gasteiger partial charge in [-0.1, -0.05) is 53.6 Å². The van der Waals surface area contributed by atoms with Gasteiger partial charge in [0.1, 0.15) is 6.04 Å². The number of carboxylic acids is 1. The van der Waals surface area contributed by atoms with E-state index in [1.165, 1.54) is 16.0 Å². The van der Waals surface area contributed by atoms with Gasteiger partial charge in [-0.15, -0.1) is 0 Å². The van der Waals surface area contributed by atoms with Gasteiger partial charge >= 0.3 is 5.97 Å². The Morgan fingerprint density at radius 3 is 2.36 bits per heavy atom. The summed E-state index contributed by atoms with van der Waals surface area (Å²) in [6, 6.07) is 13.3. The van der Waals surface area contributed by atoms with Crippen LogP contribution in [0.25, 0.3) is 0 Å². The monoisotopic (exact) mass is 337 g/mol. The van der Waals surface area contributed by atoms with Gasteiger partial charge in [0.15, 0.2) is 0 Å². The van der Waals surface area contributed by atoms with E-state index >= 15 is 0 Å². The highest BCUT2D eigenvalue weighted by molar-refractivity contribution is 5.84. The molecular formula is C21H23NO3. The SMILES string of the molecule is Cc1cc(C)cc(CCC(=O)N2Cc3ccccc3CC2C(=O)O)c1. The minimum atomic E-state index is -0.936. The third-order valence-electron chi connectivity index (χ3n) is 4.76. The summed E-state index contributed by atoms with van der Waals surface area (Å²) in [6.45, 7) is 4.46. The lowest BCUT2D eigenvalue weighted by atomic mass is 9.93. The Labute approximate surface area is 148 Å². The molecule has 1 aliphatic rings. The molecule has 4 heteroatoms. The number of carboxylic acid groups (broad SMARTS) is 1. The van der Waals surface area contributed by atoms with Gasteiger partial charge in [-0.25, -0.2) is 4.79 Å². The number of benzene rings is 2. The quantitative estimate of drug-likeness (QED) is 0.931. The van der Waals surface area contributed by atoms with Crippen LogP contribution in [-0.2, 0) is 29.0 Å². The molecule has 1 atom stereocenters. The van der Waals surface area contributed by atoms with Crippen LogP contribution in [-0.4, -0.2) is 27.9 Å². The van der Waals surface area contributed by atoms with Crippen molar-refractivity contribution in [2.24, 2.45) is 0 Å². The molecule has 2 aromatic carbocycles. The molecule has 3 rings (SSSR count). The smallest absolute Gasteiger partial charge is 0.326 e. The van der Waals surface area contributed by atoms with Crippen molar-refractivity contribution in [1.29, 1.82) is 0 Å². The van der Waals surface area contributed by atoms with Gasteiger partial charge in [0.05, 0.1) is 0 Å². The Bertz CT molecular complexity index is 792. The van der Waals surface area contributed by atoms with Crippen molar-refractivity contribution in [3.05, 3.63) is 70.3 Å². The predicted octanol–water partition coefficient (Wildman–Crippen LogP) is 3.27. The molecule has 1 heterocycles.